The maximum absolute atomic E-state index is 6.67. The molecule has 0 aliphatic carbocycles. The summed E-state index contributed by atoms with van der Waals surface area (Å²) in [4.78, 5) is 0. The Morgan fingerprint density at radius 3 is 2.06 bits per heavy atom. The van der Waals surface area contributed by atoms with Crippen LogP contribution in [0, 0.1) is 0 Å². The van der Waals surface area contributed by atoms with E-state index in [2.05, 4.69) is 122 Å². The van der Waals surface area contributed by atoms with E-state index in [1.807, 2.05) is 0 Å². The Balaban J connectivity index is 1.79. The Hall–Kier alpha value is -2.84. The SMILES string of the molecule is COc1ccc(C(c2ccccc2)C(CCCCC=C=C[Si](C)(C)C)OCc2ccccc2)cc1. The predicted molar refractivity (Wildman–Crippen MR) is 151 cm³/mol. The number of hydrogen-bond donors (Lipinski definition) is 0. The van der Waals surface area contributed by atoms with Gasteiger partial charge in [0.2, 0.25) is 0 Å². The molecular formula is C32H40O2Si. The average Bonchev–Trinajstić information content (AvgIpc) is 2.87. The summed E-state index contributed by atoms with van der Waals surface area (Å²) >= 11 is 0. The number of benzene rings is 3. The van der Waals surface area contributed by atoms with Crippen molar-refractivity contribution in [1.29, 1.82) is 0 Å². The molecule has 0 saturated heterocycles. The lowest BCUT2D eigenvalue weighted by molar-refractivity contribution is 0.0227. The Labute approximate surface area is 213 Å². The topological polar surface area (TPSA) is 18.5 Å². The summed E-state index contributed by atoms with van der Waals surface area (Å²) in [5.74, 6) is 1.04. The summed E-state index contributed by atoms with van der Waals surface area (Å²) in [5, 5.41) is 0. The van der Waals surface area contributed by atoms with Crippen LogP contribution in [0.5, 0.6) is 5.75 Å². The molecule has 3 rings (SSSR count). The molecule has 2 atom stereocenters. The van der Waals surface area contributed by atoms with Crippen LogP contribution in [0.1, 0.15) is 48.3 Å². The van der Waals surface area contributed by atoms with Gasteiger partial charge in [-0.25, -0.2) is 0 Å². The van der Waals surface area contributed by atoms with Crippen molar-refractivity contribution in [1.82, 2.24) is 0 Å². The lowest BCUT2D eigenvalue weighted by Gasteiger charge is -2.29. The van der Waals surface area contributed by atoms with Crippen molar-refractivity contribution in [3.8, 4) is 5.75 Å². The van der Waals surface area contributed by atoms with E-state index in [0.29, 0.717) is 6.61 Å². The largest absolute Gasteiger partial charge is 0.497 e. The zero-order valence-electron chi connectivity index (χ0n) is 21.7. The summed E-state index contributed by atoms with van der Waals surface area (Å²) in [5.41, 5.74) is 9.45. The highest BCUT2D eigenvalue weighted by Crippen LogP contribution is 2.34. The normalized spacial score (nSPS) is 12.9. The Bertz CT molecular complexity index is 1050. The van der Waals surface area contributed by atoms with Crippen LogP contribution in [0.2, 0.25) is 19.6 Å². The van der Waals surface area contributed by atoms with E-state index in [1.54, 1.807) is 7.11 Å². The molecule has 2 nitrogen and oxygen atoms in total. The summed E-state index contributed by atoms with van der Waals surface area (Å²) in [7, 11) is 0.531. The van der Waals surface area contributed by atoms with Crippen molar-refractivity contribution in [2.75, 3.05) is 7.11 Å². The van der Waals surface area contributed by atoms with E-state index in [-0.39, 0.29) is 12.0 Å². The minimum atomic E-state index is -1.18. The molecule has 3 aromatic rings. The number of hydrogen-bond acceptors (Lipinski definition) is 2. The van der Waals surface area contributed by atoms with Crippen LogP contribution in [-0.2, 0) is 11.3 Å². The van der Waals surface area contributed by atoms with Gasteiger partial charge in [-0.3, -0.25) is 0 Å². The van der Waals surface area contributed by atoms with Crippen LogP contribution in [0.4, 0.5) is 0 Å². The summed E-state index contributed by atoms with van der Waals surface area (Å²) in [6.07, 6.45) is 6.60. The van der Waals surface area contributed by atoms with Gasteiger partial charge in [-0.15, -0.1) is 5.73 Å². The van der Waals surface area contributed by atoms with Gasteiger partial charge in [-0.1, -0.05) is 105 Å². The van der Waals surface area contributed by atoms with E-state index in [0.717, 1.165) is 31.4 Å². The second-order valence-corrected chi connectivity index (χ2v) is 15.2. The lowest BCUT2D eigenvalue weighted by atomic mass is 9.84. The van der Waals surface area contributed by atoms with Crippen LogP contribution in [0.3, 0.4) is 0 Å². The monoisotopic (exact) mass is 484 g/mol. The van der Waals surface area contributed by atoms with Crippen molar-refractivity contribution in [3.63, 3.8) is 0 Å². The van der Waals surface area contributed by atoms with Gasteiger partial charge in [-0.2, -0.15) is 0 Å². The van der Waals surface area contributed by atoms with Crippen LogP contribution in [0.15, 0.2) is 102 Å². The third-order valence-corrected chi connectivity index (χ3v) is 7.07. The second-order valence-electron chi connectivity index (χ2n) is 10.2. The van der Waals surface area contributed by atoms with E-state index in [9.17, 15) is 0 Å². The van der Waals surface area contributed by atoms with Crippen molar-refractivity contribution in [2.45, 2.75) is 64.0 Å². The summed E-state index contributed by atoms with van der Waals surface area (Å²) < 4.78 is 12.1. The van der Waals surface area contributed by atoms with Crippen LogP contribution < -0.4 is 4.74 Å². The van der Waals surface area contributed by atoms with Gasteiger partial charge in [-0.05, 0) is 54.2 Å². The van der Waals surface area contributed by atoms with Crippen molar-refractivity contribution in [3.05, 3.63) is 119 Å². The Morgan fingerprint density at radius 2 is 1.43 bits per heavy atom. The van der Waals surface area contributed by atoms with Gasteiger partial charge in [0.1, 0.15) is 5.75 Å². The quantitative estimate of drug-likeness (QED) is 0.137. The molecule has 0 fully saturated rings. The molecule has 3 aromatic carbocycles. The molecule has 3 heteroatoms. The van der Waals surface area contributed by atoms with Gasteiger partial charge in [0.05, 0.1) is 27.9 Å². The standard InChI is InChI=1S/C32H40O2Si/c1-33-30-23-21-29(22-24-30)32(28-18-12-9-13-19-28)31(34-26-27-16-10-8-11-17-27)20-14-6-5-7-15-25-35(2,3)4/h7-13,16-19,21-25,31-32H,5-6,14,20,26H2,1-4H3. The van der Waals surface area contributed by atoms with Gasteiger partial charge in [0.15, 0.2) is 0 Å². The summed E-state index contributed by atoms with van der Waals surface area (Å²) in [6.45, 7) is 7.63. The van der Waals surface area contributed by atoms with Crippen LogP contribution in [-0.4, -0.2) is 21.3 Å². The van der Waals surface area contributed by atoms with Gasteiger partial charge in [0, 0.05) is 5.92 Å². The van der Waals surface area contributed by atoms with Gasteiger partial charge < -0.3 is 9.47 Å². The molecule has 0 saturated carbocycles. The molecule has 35 heavy (non-hydrogen) atoms. The molecule has 0 radical (unpaired) electrons. The zero-order chi connectivity index (χ0) is 24.9. The first-order valence-corrected chi connectivity index (χ1v) is 16.3. The average molecular weight is 485 g/mol. The zero-order valence-corrected chi connectivity index (χ0v) is 22.7. The van der Waals surface area contributed by atoms with E-state index < -0.39 is 8.07 Å². The molecule has 0 aliphatic rings. The highest BCUT2D eigenvalue weighted by atomic mass is 28.3. The Kier molecular flexibility index (Phi) is 10.6. The van der Waals surface area contributed by atoms with Crippen LogP contribution in [0.25, 0.3) is 0 Å². The maximum atomic E-state index is 6.67. The van der Waals surface area contributed by atoms with Crippen molar-refractivity contribution >= 4 is 8.07 Å². The molecule has 0 aliphatic heterocycles. The van der Waals surface area contributed by atoms with E-state index in [4.69, 9.17) is 9.47 Å². The number of unbranched alkanes of at least 4 members (excludes halogenated alkanes) is 2. The first-order chi connectivity index (χ1) is 17.0. The van der Waals surface area contributed by atoms with E-state index >= 15 is 0 Å². The number of allylic oxidation sites excluding steroid dienone is 1. The molecular weight excluding hydrogens is 444 g/mol. The second kappa shape index (κ2) is 13.9. The molecule has 0 bridgehead atoms. The van der Waals surface area contributed by atoms with Crippen molar-refractivity contribution in [2.24, 2.45) is 0 Å². The first-order valence-electron chi connectivity index (χ1n) is 12.7. The van der Waals surface area contributed by atoms with E-state index in [1.165, 1.54) is 16.7 Å². The van der Waals surface area contributed by atoms with Gasteiger partial charge in [0.25, 0.3) is 0 Å². The lowest BCUT2D eigenvalue weighted by Crippen LogP contribution is -2.24. The highest BCUT2D eigenvalue weighted by molar-refractivity contribution is 6.80. The maximum Gasteiger partial charge on any atom is 0.118 e. The molecule has 0 spiro atoms. The predicted octanol–water partition coefficient (Wildman–Crippen LogP) is 8.56. The van der Waals surface area contributed by atoms with Crippen LogP contribution >= 0.6 is 0 Å². The van der Waals surface area contributed by atoms with Crippen molar-refractivity contribution < 1.29 is 9.47 Å². The molecule has 184 valence electrons. The molecule has 0 amide bonds. The molecule has 0 heterocycles. The fourth-order valence-corrected chi connectivity index (χ4v) is 4.82. The Morgan fingerprint density at radius 1 is 0.800 bits per heavy atom. The van der Waals surface area contributed by atoms with Gasteiger partial charge >= 0.3 is 0 Å². The third kappa shape index (κ3) is 9.37. The first kappa shape index (κ1) is 26.8. The molecule has 2 unspecified atom stereocenters. The third-order valence-electron chi connectivity index (χ3n) is 6.03. The highest BCUT2D eigenvalue weighted by Gasteiger charge is 2.26. The minimum Gasteiger partial charge on any atom is -0.497 e. The number of rotatable bonds is 13. The number of methoxy groups -OCH3 is 1. The minimum absolute atomic E-state index is 0.0764. The smallest absolute Gasteiger partial charge is 0.118 e. The fourth-order valence-electron chi connectivity index (χ4n) is 4.20. The molecule has 0 N–H and O–H groups in total. The molecule has 0 aromatic heterocycles. The fraction of sp³-hybridized carbons (Fsp3) is 0.344. The number of ether oxygens (including phenoxy) is 2. The summed E-state index contributed by atoms with van der Waals surface area (Å²) in [6, 6.07) is 29.7.